The monoisotopic (exact) mass is 464 g/mol. The van der Waals surface area contributed by atoms with E-state index in [2.05, 4.69) is 34.9 Å². The molecular formula is C27H32N2O5. The van der Waals surface area contributed by atoms with Gasteiger partial charge in [-0.25, -0.2) is 4.79 Å². The standard InChI is InChI=1S/C27H32N2O5/c1-3-27(2,25(32)28-18-10-8-9-17(15-18)24(30)31)29-26(33)34-16-23-21-13-6-4-11-19(21)20-12-5-7-14-22(20)23/h4-7,11-14,17-18,23H,3,8-10,15-16H2,1-2H3,(H,28,32)(H,29,33)(H,30,31)/t17-,18+,27?/m1/s1. The van der Waals surface area contributed by atoms with Crippen LogP contribution in [0.3, 0.4) is 0 Å². The first-order valence-corrected chi connectivity index (χ1v) is 12.0. The van der Waals surface area contributed by atoms with Crippen LogP contribution in [0.15, 0.2) is 48.5 Å². The Bertz CT molecular complexity index is 1040. The van der Waals surface area contributed by atoms with Gasteiger partial charge in [0.25, 0.3) is 0 Å². The molecule has 7 heteroatoms. The molecule has 34 heavy (non-hydrogen) atoms. The molecule has 0 radical (unpaired) electrons. The molecule has 2 amide bonds. The van der Waals surface area contributed by atoms with E-state index in [9.17, 15) is 19.5 Å². The molecule has 0 spiro atoms. The van der Waals surface area contributed by atoms with Crippen LogP contribution in [0.5, 0.6) is 0 Å². The van der Waals surface area contributed by atoms with Crippen molar-refractivity contribution >= 4 is 18.0 Å². The van der Waals surface area contributed by atoms with Gasteiger partial charge in [0.05, 0.1) is 5.92 Å². The highest BCUT2D eigenvalue weighted by atomic mass is 16.5. The van der Waals surface area contributed by atoms with Gasteiger partial charge in [0.1, 0.15) is 12.1 Å². The van der Waals surface area contributed by atoms with Gasteiger partial charge in [0, 0.05) is 12.0 Å². The van der Waals surface area contributed by atoms with Crippen LogP contribution in [0.1, 0.15) is 63.0 Å². The second kappa shape index (κ2) is 9.87. The van der Waals surface area contributed by atoms with E-state index in [1.807, 2.05) is 31.2 Å². The van der Waals surface area contributed by atoms with Crippen molar-refractivity contribution in [3.63, 3.8) is 0 Å². The Morgan fingerprint density at radius 2 is 1.65 bits per heavy atom. The third kappa shape index (κ3) is 4.79. The predicted octanol–water partition coefficient (Wildman–Crippen LogP) is 4.45. The van der Waals surface area contributed by atoms with Crippen molar-refractivity contribution in [2.24, 2.45) is 5.92 Å². The molecule has 2 aromatic rings. The van der Waals surface area contributed by atoms with Crippen LogP contribution in [0.4, 0.5) is 4.79 Å². The van der Waals surface area contributed by atoms with Crippen LogP contribution >= 0.6 is 0 Å². The van der Waals surface area contributed by atoms with Crippen molar-refractivity contribution in [3.8, 4) is 11.1 Å². The lowest BCUT2D eigenvalue weighted by molar-refractivity contribution is -0.143. The number of fused-ring (bicyclic) bond motifs is 3. The minimum absolute atomic E-state index is 0.0601. The van der Waals surface area contributed by atoms with Crippen LogP contribution in [0.25, 0.3) is 11.1 Å². The van der Waals surface area contributed by atoms with Crippen LogP contribution in [-0.4, -0.2) is 41.3 Å². The number of hydrogen-bond acceptors (Lipinski definition) is 4. The second-order valence-electron chi connectivity index (χ2n) is 9.51. The van der Waals surface area contributed by atoms with E-state index in [1.165, 1.54) is 0 Å². The minimum atomic E-state index is -1.15. The van der Waals surface area contributed by atoms with Gasteiger partial charge in [-0.2, -0.15) is 0 Å². The largest absolute Gasteiger partial charge is 0.481 e. The SMILES string of the molecule is CCC(C)(NC(=O)OCC1c2ccccc2-c2ccccc21)C(=O)N[C@H]1CCC[C@@H](C(=O)O)C1. The predicted molar refractivity (Wildman–Crippen MR) is 128 cm³/mol. The average Bonchev–Trinajstić information content (AvgIpc) is 3.16. The highest BCUT2D eigenvalue weighted by Crippen LogP contribution is 2.44. The normalized spacial score (nSPS) is 21.0. The number of carboxylic acid groups (broad SMARTS) is 1. The van der Waals surface area contributed by atoms with E-state index in [1.54, 1.807) is 6.92 Å². The number of rotatable bonds is 7. The fourth-order valence-electron chi connectivity index (χ4n) is 5.06. The van der Waals surface area contributed by atoms with E-state index in [0.29, 0.717) is 19.3 Å². The van der Waals surface area contributed by atoms with Crippen LogP contribution in [-0.2, 0) is 14.3 Å². The maximum Gasteiger partial charge on any atom is 0.408 e. The summed E-state index contributed by atoms with van der Waals surface area (Å²) in [6.07, 6.45) is 2.26. The highest BCUT2D eigenvalue weighted by Gasteiger charge is 2.37. The summed E-state index contributed by atoms with van der Waals surface area (Å²) in [5.74, 6) is -1.65. The van der Waals surface area contributed by atoms with Gasteiger partial charge in [0.15, 0.2) is 0 Å². The Morgan fingerprint density at radius 3 is 2.24 bits per heavy atom. The molecular weight excluding hydrogens is 432 g/mol. The number of amides is 2. The zero-order valence-electron chi connectivity index (χ0n) is 19.7. The van der Waals surface area contributed by atoms with E-state index < -0.39 is 23.5 Å². The van der Waals surface area contributed by atoms with Crippen molar-refractivity contribution < 1.29 is 24.2 Å². The van der Waals surface area contributed by atoms with Crippen molar-refractivity contribution in [2.45, 2.75) is 63.5 Å². The molecule has 0 aromatic heterocycles. The molecule has 0 heterocycles. The number of ether oxygens (including phenoxy) is 1. The molecule has 3 atom stereocenters. The number of carbonyl (C=O) groups excluding carboxylic acids is 2. The summed E-state index contributed by atoms with van der Waals surface area (Å²) in [6, 6.07) is 16.0. The molecule has 4 rings (SSSR count). The number of aliphatic carboxylic acids is 1. The lowest BCUT2D eigenvalue weighted by Crippen LogP contribution is -2.58. The average molecular weight is 465 g/mol. The summed E-state index contributed by atoms with van der Waals surface area (Å²) in [4.78, 5) is 37.1. The molecule has 1 fully saturated rings. The summed E-state index contributed by atoms with van der Waals surface area (Å²) < 4.78 is 5.62. The van der Waals surface area contributed by atoms with Crippen LogP contribution < -0.4 is 10.6 Å². The third-order valence-electron chi connectivity index (χ3n) is 7.29. The van der Waals surface area contributed by atoms with Crippen molar-refractivity contribution in [1.29, 1.82) is 0 Å². The van der Waals surface area contributed by atoms with Crippen molar-refractivity contribution in [3.05, 3.63) is 59.7 Å². The Kier molecular flexibility index (Phi) is 6.91. The van der Waals surface area contributed by atoms with E-state index in [-0.39, 0.29) is 24.5 Å². The fourth-order valence-corrected chi connectivity index (χ4v) is 5.06. The number of carbonyl (C=O) groups is 3. The Hall–Kier alpha value is -3.35. The van der Waals surface area contributed by atoms with Gasteiger partial charge in [-0.1, -0.05) is 61.9 Å². The summed E-state index contributed by atoms with van der Waals surface area (Å²) in [5, 5.41) is 15.0. The highest BCUT2D eigenvalue weighted by molar-refractivity contribution is 5.89. The topological polar surface area (TPSA) is 105 Å². The first kappa shape index (κ1) is 23.8. The van der Waals surface area contributed by atoms with E-state index in [0.717, 1.165) is 35.1 Å². The van der Waals surface area contributed by atoms with Crippen LogP contribution in [0.2, 0.25) is 0 Å². The van der Waals surface area contributed by atoms with Gasteiger partial charge in [0.2, 0.25) is 5.91 Å². The summed E-state index contributed by atoms with van der Waals surface area (Å²) in [5.41, 5.74) is 3.39. The first-order valence-electron chi connectivity index (χ1n) is 12.0. The summed E-state index contributed by atoms with van der Waals surface area (Å²) in [6.45, 7) is 3.66. The molecule has 3 N–H and O–H groups in total. The number of hydrogen-bond donors (Lipinski definition) is 3. The number of nitrogens with one attached hydrogen (secondary N) is 2. The van der Waals surface area contributed by atoms with Gasteiger partial charge < -0.3 is 20.5 Å². The molecule has 2 aromatic carbocycles. The van der Waals surface area contributed by atoms with E-state index >= 15 is 0 Å². The maximum absolute atomic E-state index is 13.0. The molecule has 1 unspecified atom stereocenters. The molecule has 2 aliphatic carbocycles. The van der Waals surface area contributed by atoms with Gasteiger partial charge >= 0.3 is 12.1 Å². The van der Waals surface area contributed by atoms with Crippen molar-refractivity contribution in [2.75, 3.05) is 6.61 Å². The number of carboxylic acids is 1. The van der Waals surface area contributed by atoms with E-state index in [4.69, 9.17) is 4.74 Å². The Morgan fingerprint density at radius 1 is 1.03 bits per heavy atom. The van der Waals surface area contributed by atoms with Gasteiger partial charge in [-0.15, -0.1) is 0 Å². The summed E-state index contributed by atoms with van der Waals surface area (Å²) >= 11 is 0. The first-order chi connectivity index (χ1) is 16.3. The smallest absolute Gasteiger partial charge is 0.408 e. The molecule has 0 saturated heterocycles. The Labute approximate surface area is 199 Å². The molecule has 180 valence electrons. The lowest BCUT2D eigenvalue weighted by Gasteiger charge is -2.33. The maximum atomic E-state index is 13.0. The second-order valence-corrected chi connectivity index (χ2v) is 9.51. The molecule has 7 nitrogen and oxygen atoms in total. The third-order valence-corrected chi connectivity index (χ3v) is 7.29. The van der Waals surface area contributed by atoms with Gasteiger partial charge in [-0.05, 0) is 54.9 Å². The molecule has 2 aliphatic rings. The number of benzene rings is 2. The zero-order valence-corrected chi connectivity index (χ0v) is 19.7. The summed E-state index contributed by atoms with van der Waals surface area (Å²) in [7, 11) is 0. The minimum Gasteiger partial charge on any atom is -0.481 e. The quantitative estimate of drug-likeness (QED) is 0.561. The van der Waals surface area contributed by atoms with Gasteiger partial charge in [-0.3, -0.25) is 9.59 Å². The lowest BCUT2D eigenvalue weighted by atomic mass is 9.85. The Balaban J connectivity index is 1.38. The number of alkyl carbamates (subject to hydrolysis) is 1. The molecule has 1 saturated carbocycles. The zero-order chi connectivity index (χ0) is 24.3. The fraction of sp³-hybridized carbons (Fsp3) is 0.444. The molecule has 0 aliphatic heterocycles. The molecule has 0 bridgehead atoms. The van der Waals surface area contributed by atoms with Crippen LogP contribution in [0, 0.1) is 5.92 Å². The van der Waals surface area contributed by atoms with Crippen molar-refractivity contribution in [1.82, 2.24) is 10.6 Å².